The molecule has 67 valence electrons. The molecule has 0 saturated heterocycles. The molecule has 0 aromatic heterocycles. The Morgan fingerprint density at radius 2 is 2.23 bits per heavy atom. The summed E-state index contributed by atoms with van der Waals surface area (Å²) in [4.78, 5) is 19.7. The predicted molar refractivity (Wildman–Crippen MR) is 47.4 cm³/mol. The van der Waals surface area contributed by atoms with Crippen molar-refractivity contribution in [3.8, 4) is 0 Å². The summed E-state index contributed by atoms with van der Waals surface area (Å²) >= 11 is 5.62. The van der Waals surface area contributed by atoms with Gasteiger partial charge in [0.1, 0.15) is 0 Å². The number of carbonyl (C=O) groups excluding carboxylic acids is 1. The Labute approximate surface area is 78.5 Å². The Balaban J connectivity index is 3.10. The molecule has 6 heteroatoms. The quantitative estimate of drug-likeness (QED) is 0.458. The summed E-state index contributed by atoms with van der Waals surface area (Å²) < 4.78 is 0. The number of hydrogen-bond donors (Lipinski definition) is 1. The monoisotopic (exact) mass is 199 g/mol. The number of nitrogens with zero attached hydrogens (tertiary/aromatic N) is 1. The number of anilines is 1. The van der Waals surface area contributed by atoms with Gasteiger partial charge < -0.3 is 5.32 Å². The van der Waals surface area contributed by atoms with Crippen LogP contribution >= 0.6 is 11.6 Å². The number of non-ortho nitro benzene ring substituents is 1. The topological polar surface area (TPSA) is 72.2 Å². The number of nitro groups is 1. The van der Waals surface area contributed by atoms with Gasteiger partial charge in [-0.2, -0.15) is 0 Å². The molecule has 0 aliphatic heterocycles. The van der Waals surface area contributed by atoms with Gasteiger partial charge in [0.15, 0.2) is 0 Å². The van der Waals surface area contributed by atoms with Gasteiger partial charge in [-0.1, -0.05) is 11.6 Å². The third-order valence-corrected chi connectivity index (χ3v) is 1.68. The van der Waals surface area contributed by atoms with Gasteiger partial charge in [-0.25, -0.2) is 0 Å². The molecular weight excluding hydrogens is 196 g/mol. The normalized spacial score (nSPS) is 9.31. The zero-order chi connectivity index (χ0) is 9.84. The Bertz CT molecular complexity index is 354. The van der Waals surface area contributed by atoms with Gasteiger partial charge in [-0.15, -0.1) is 0 Å². The van der Waals surface area contributed by atoms with E-state index < -0.39 is 4.92 Å². The van der Waals surface area contributed by atoms with Gasteiger partial charge in [0, 0.05) is 12.1 Å². The molecule has 1 aromatic rings. The molecule has 0 aliphatic rings. The second-order valence-corrected chi connectivity index (χ2v) is 2.56. The predicted octanol–water partition coefficient (Wildman–Crippen LogP) is 1.73. The summed E-state index contributed by atoms with van der Waals surface area (Å²) in [6.45, 7) is 0. The van der Waals surface area contributed by atoms with Crippen LogP contribution in [0.2, 0.25) is 5.02 Å². The van der Waals surface area contributed by atoms with Gasteiger partial charge in [0.25, 0.3) is 5.69 Å². The van der Waals surface area contributed by atoms with E-state index in [1.54, 1.807) is 0 Å². The Morgan fingerprint density at radius 1 is 1.54 bits per heavy atom. The molecule has 0 aliphatic carbocycles. The highest BCUT2D eigenvalue weighted by Crippen LogP contribution is 2.25. The lowest BCUT2D eigenvalue weighted by molar-refractivity contribution is -0.384. The summed E-state index contributed by atoms with van der Waals surface area (Å²) in [5.41, 5.74) is 0.0352. The molecular formula is C7H4ClN2O3. The van der Waals surface area contributed by atoms with Crippen LogP contribution in [0.25, 0.3) is 0 Å². The van der Waals surface area contributed by atoms with Crippen LogP contribution in [0.4, 0.5) is 11.4 Å². The average Bonchev–Trinajstić information content (AvgIpc) is 2.08. The van der Waals surface area contributed by atoms with Crippen molar-refractivity contribution >= 4 is 29.4 Å². The van der Waals surface area contributed by atoms with Gasteiger partial charge in [-0.3, -0.25) is 14.9 Å². The Hall–Kier alpha value is -1.62. The maximum Gasteiger partial charge on any atom is 0.314 e. The van der Waals surface area contributed by atoms with Gasteiger partial charge in [0.05, 0.1) is 15.6 Å². The smallest absolute Gasteiger partial charge is 0.314 e. The van der Waals surface area contributed by atoms with Crippen LogP contribution in [0.3, 0.4) is 0 Å². The van der Waals surface area contributed by atoms with Crippen molar-refractivity contribution in [3.05, 3.63) is 33.3 Å². The number of rotatable bonds is 3. The molecule has 0 saturated carbocycles. The standard InChI is InChI=1S/C7H4ClN2O3/c8-6-2-1-5(10(12)13)3-7(6)9-4-11/h1-3H,(H,9,11). The van der Waals surface area contributed by atoms with Crippen molar-refractivity contribution in [1.29, 1.82) is 0 Å². The third-order valence-electron chi connectivity index (χ3n) is 1.35. The van der Waals surface area contributed by atoms with Crippen LogP contribution in [-0.2, 0) is 4.79 Å². The number of halogens is 1. The van der Waals surface area contributed by atoms with E-state index in [9.17, 15) is 14.9 Å². The molecule has 0 atom stereocenters. The molecule has 0 bridgehead atoms. The minimum absolute atomic E-state index is 0.137. The van der Waals surface area contributed by atoms with E-state index in [0.29, 0.717) is 0 Å². The number of nitro benzene ring substituents is 1. The number of benzene rings is 1. The van der Waals surface area contributed by atoms with E-state index in [0.717, 1.165) is 6.07 Å². The van der Waals surface area contributed by atoms with E-state index in [1.165, 1.54) is 18.5 Å². The summed E-state index contributed by atoms with van der Waals surface area (Å²) in [6, 6.07) is 3.74. The first-order valence-corrected chi connectivity index (χ1v) is 3.60. The van der Waals surface area contributed by atoms with Crippen LogP contribution in [0.15, 0.2) is 18.2 Å². The molecule has 1 radical (unpaired) electrons. The first kappa shape index (κ1) is 9.47. The summed E-state index contributed by atoms with van der Waals surface area (Å²) in [5.74, 6) is 0. The van der Waals surface area contributed by atoms with E-state index in [1.807, 2.05) is 0 Å². The second kappa shape index (κ2) is 3.86. The maximum absolute atomic E-state index is 10.3. The Kier molecular flexibility index (Phi) is 2.81. The molecule has 5 nitrogen and oxygen atoms in total. The van der Waals surface area contributed by atoms with Crippen LogP contribution in [0.5, 0.6) is 0 Å². The van der Waals surface area contributed by atoms with Gasteiger partial charge >= 0.3 is 6.41 Å². The van der Waals surface area contributed by atoms with E-state index in [4.69, 9.17) is 11.6 Å². The number of hydrogen-bond acceptors (Lipinski definition) is 3. The third kappa shape index (κ3) is 2.16. The van der Waals surface area contributed by atoms with E-state index >= 15 is 0 Å². The van der Waals surface area contributed by atoms with Crippen LogP contribution in [0, 0.1) is 10.1 Å². The van der Waals surface area contributed by atoms with Gasteiger partial charge in [-0.05, 0) is 6.07 Å². The van der Waals surface area contributed by atoms with Crippen molar-refractivity contribution in [1.82, 2.24) is 0 Å². The van der Waals surface area contributed by atoms with Crippen molar-refractivity contribution in [2.75, 3.05) is 5.32 Å². The van der Waals surface area contributed by atoms with Crippen LogP contribution in [0.1, 0.15) is 0 Å². The number of amides is 1. The molecule has 0 heterocycles. The summed E-state index contributed by atoms with van der Waals surface area (Å²) in [5, 5.41) is 12.7. The van der Waals surface area contributed by atoms with E-state index in [2.05, 4.69) is 5.32 Å². The SMILES string of the molecule is O=[C]Nc1cc([N+](=O)[O-])ccc1Cl. The van der Waals surface area contributed by atoms with Crippen LogP contribution < -0.4 is 5.32 Å². The fourth-order valence-corrected chi connectivity index (χ4v) is 0.942. The summed E-state index contributed by atoms with van der Waals surface area (Å²) in [7, 11) is 0. The minimum Gasteiger partial charge on any atom is -0.316 e. The molecule has 1 rings (SSSR count). The highest BCUT2D eigenvalue weighted by atomic mass is 35.5. The molecule has 0 spiro atoms. The lowest BCUT2D eigenvalue weighted by Gasteiger charge is -1.99. The highest BCUT2D eigenvalue weighted by Gasteiger charge is 2.08. The zero-order valence-electron chi connectivity index (χ0n) is 6.28. The first-order valence-electron chi connectivity index (χ1n) is 3.22. The number of nitrogens with one attached hydrogen (secondary N) is 1. The Morgan fingerprint density at radius 3 is 2.77 bits per heavy atom. The van der Waals surface area contributed by atoms with E-state index in [-0.39, 0.29) is 16.4 Å². The van der Waals surface area contributed by atoms with Crippen molar-refractivity contribution in [2.24, 2.45) is 0 Å². The minimum atomic E-state index is -0.577. The fourth-order valence-electron chi connectivity index (χ4n) is 0.778. The first-order chi connectivity index (χ1) is 6.15. The molecule has 1 amide bonds. The van der Waals surface area contributed by atoms with Crippen LogP contribution in [-0.4, -0.2) is 11.3 Å². The molecule has 0 fully saturated rings. The van der Waals surface area contributed by atoms with Gasteiger partial charge in [0.2, 0.25) is 0 Å². The fraction of sp³-hybridized carbons (Fsp3) is 0. The van der Waals surface area contributed by atoms with Crippen molar-refractivity contribution in [2.45, 2.75) is 0 Å². The molecule has 13 heavy (non-hydrogen) atoms. The molecule has 1 aromatic carbocycles. The van der Waals surface area contributed by atoms with Crippen molar-refractivity contribution in [3.63, 3.8) is 0 Å². The lowest BCUT2D eigenvalue weighted by atomic mass is 10.3. The van der Waals surface area contributed by atoms with Crippen molar-refractivity contribution < 1.29 is 9.72 Å². The zero-order valence-corrected chi connectivity index (χ0v) is 7.04. The average molecular weight is 200 g/mol. The molecule has 0 unspecified atom stereocenters. The highest BCUT2D eigenvalue weighted by molar-refractivity contribution is 6.33. The molecule has 1 N–H and O–H groups in total. The largest absolute Gasteiger partial charge is 0.316 e. The second-order valence-electron chi connectivity index (χ2n) is 2.15. The lowest BCUT2D eigenvalue weighted by Crippen LogP contribution is -1.96. The maximum atomic E-state index is 10.3. The summed E-state index contributed by atoms with van der Waals surface area (Å²) in [6.07, 6.45) is 1.38.